The number of hydrogen-bond acceptors (Lipinski definition) is 2. The van der Waals surface area contributed by atoms with Crippen LogP contribution in [-0.4, -0.2) is 47.1 Å². The zero-order valence-electron chi connectivity index (χ0n) is 18.8. The number of unbranched alkanes of at least 4 members (excludes halogenated alkanes) is 1. The van der Waals surface area contributed by atoms with E-state index in [0.29, 0.717) is 6.04 Å². The quantitative estimate of drug-likeness (QED) is 0.330. The highest BCUT2D eigenvalue weighted by molar-refractivity contribution is 5.79. The molecule has 0 radical (unpaired) electrons. The van der Waals surface area contributed by atoms with E-state index in [-0.39, 0.29) is 0 Å². The highest BCUT2D eigenvalue weighted by Crippen LogP contribution is 2.29. The van der Waals surface area contributed by atoms with E-state index < -0.39 is 0 Å². The molecule has 0 spiro atoms. The normalized spacial score (nSPS) is 15.5. The lowest BCUT2D eigenvalue weighted by Gasteiger charge is -2.40. The molecule has 0 aliphatic carbocycles. The van der Waals surface area contributed by atoms with Crippen LogP contribution in [0.1, 0.15) is 30.0 Å². The molecule has 3 heteroatoms. The van der Waals surface area contributed by atoms with Crippen LogP contribution in [0.4, 0.5) is 0 Å². The molecule has 0 saturated carbocycles. The molecule has 0 amide bonds. The first kappa shape index (κ1) is 21.0. The summed E-state index contributed by atoms with van der Waals surface area (Å²) in [5.74, 6) is 0. The van der Waals surface area contributed by atoms with Gasteiger partial charge < -0.3 is 9.47 Å². The highest BCUT2D eigenvalue weighted by Gasteiger charge is 2.26. The Bertz CT molecular complexity index is 1060. The Morgan fingerprint density at radius 3 is 1.88 bits per heavy atom. The van der Waals surface area contributed by atoms with Crippen LogP contribution in [0.5, 0.6) is 0 Å². The smallest absolute Gasteiger partial charge is 0.0602 e. The molecular weight excluding hydrogens is 390 g/mol. The van der Waals surface area contributed by atoms with Crippen LogP contribution in [0, 0.1) is 0 Å². The molecule has 0 unspecified atom stereocenters. The van der Waals surface area contributed by atoms with E-state index >= 15 is 0 Å². The first-order valence-electron chi connectivity index (χ1n) is 12.0. The standard InChI is InChI=1S/C29H33N3/c1-3-12-26(13-4-1)29(27-14-5-2-6-15-27)32-23-21-30(22-24-32)18-9-10-19-31-20-17-25-11-7-8-16-28(25)31/h1-8,11-17,20,29H,9-10,18-19,21-24H2. The maximum Gasteiger partial charge on any atom is 0.0602 e. The number of piperazine rings is 1. The number of nitrogens with zero attached hydrogens (tertiary/aromatic N) is 3. The van der Waals surface area contributed by atoms with Crippen molar-refractivity contribution in [2.45, 2.75) is 25.4 Å². The van der Waals surface area contributed by atoms with Crippen molar-refractivity contribution in [1.82, 2.24) is 14.4 Å². The van der Waals surface area contributed by atoms with E-state index in [1.54, 1.807) is 0 Å². The molecule has 1 saturated heterocycles. The minimum Gasteiger partial charge on any atom is -0.347 e. The zero-order valence-corrected chi connectivity index (χ0v) is 18.8. The van der Waals surface area contributed by atoms with Gasteiger partial charge in [0.25, 0.3) is 0 Å². The molecule has 164 valence electrons. The lowest BCUT2D eigenvalue weighted by molar-refractivity contribution is 0.108. The predicted molar refractivity (Wildman–Crippen MR) is 134 cm³/mol. The average molecular weight is 424 g/mol. The van der Waals surface area contributed by atoms with Crippen LogP contribution in [0.25, 0.3) is 10.9 Å². The van der Waals surface area contributed by atoms with Crippen molar-refractivity contribution in [2.24, 2.45) is 0 Å². The summed E-state index contributed by atoms with van der Waals surface area (Å²) in [5.41, 5.74) is 4.14. The average Bonchev–Trinajstić information content (AvgIpc) is 3.27. The molecule has 5 rings (SSSR count). The number of benzene rings is 3. The zero-order chi connectivity index (χ0) is 21.6. The second-order valence-electron chi connectivity index (χ2n) is 8.88. The van der Waals surface area contributed by atoms with Crippen molar-refractivity contribution < 1.29 is 0 Å². The second-order valence-corrected chi connectivity index (χ2v) is 8.88. The summed E-state index contributed by atoms with van der Waals surface area (Å²) < 4.78 is 2.40. The van der Waals surface area contributed by atoms with Gasteiger partial charge in [-0.05, 0) is 48.0 Å². The first-order valence-corrected chi connectivity index (χ1v) is 12.0. The summed E-state index contributed by atoms with van der Waals surface area (Å²) >= 11 is 0. The molecular formula is C29H33N3. The molecule has 1 fully saturated rings. The number of aromatic nitrogens is 1. The molecule has 3 aromatic carbocycles. The number of hydrogen-bond donors (Lipinski definition) is 0. The molecule has 0 atom stereocenters. The third-order valence-corrected chi connectivity index (χ3v) is 6.81. The van der Waals surface area contributed by atoms with Crippen molar-refractivity contribution in [3.05, 3.63) is 108 Å². The van der Waals surface area contributed by atoms with Gasteiger partial charge in [0.2, 0.25) is 0 Å². The fraction of sp³-hybridized carbons (Fsp3) is 0.310. The molecule has 0 N–H and O–H groups in total. The third-order valence-electron chi connectivity index (χ3n) is 6.81. The van der Waals surface area contributed by atoms with Gasteiger partial charge in [-0.25, -0.2) is 0 Å². The van der Waals surface area contributed by atoms with E-state index in [9.17, 15) is 0 Å². The van der Waals surface area contributed by atoms with Gasteiger partial charge in [0.15, 0.2) is 0 Å². The Morgan fingerprint density at radius 1 is 0.594 bits per heavy atom. The van der Waals surface area contributed by atoms with Gasteiger partial charge in [0.1, 0.15) is 0 Å². The maximum absolute atomic E-state index is 2.66. The summed E-state index contributed by atoms with van der Waals surface area (Å²) in [6.45, 7) is 6.87. The first-order chi connectivity index (χ1) is 15.9. The van der Waals surface area contributed by atoms with Crippen molar-refractivity contribution in [3.8, 4) is 0 Å². The minimum absolute atomic E-state index is 0.349. The number of para-hydroxylation sites is 1. The Labute approximate surface area is 191 Å². The predicted octanol–water partition coefficient (Wildman–Crippen LogP) is 5.83. The van der Waals surface area contributed by atoms with Gasteiger partial charge in [-0.3, -0.25) is 4.90 Å². The minimum atomic E-state index is 0.349. The van der Waals surface area contributed by atoms with E-state index in [1.165, 1.54) is 41.4 Å². The van der Waals surface area contributed by atoms with E-state index in [0.717, 1.165) is 32.7 Å². The van der Waals surface area contributed by atoms with E-state index in [4.69, 9.17) is 0 Å². The van der Waals surface area contributed by atoms with Crippen molar-refractivity contribution >= 4 is 10.9 Å². The van der Waals surface area contributed by atoms with E-state index in [2.05, 4.69) is 112 Å². The monoisotopic (exact) mass is 423 g/mol. The van der Waals surface area contributed by atoms with Gasteiger partial charge in [-0.15, -0.1) is 0 Å². The molecule has 3 nitrogen and oxygen atoms in total. The van der Waals surface area contributed by atoms with Crippen molar-refractivity contribution in [1.29, 1.82) is 0 Å². The topological polar surface area (TPSA) is 11.4 Å². The largest absolute Gasteiger partial charge is 0.347 e. The summed E-state index contributed by atoms with van der Waals surface area (Å²) in [5, 5.41) is 1.34. The third kappa shape index (κ3) is 4.79. The molecule has 0 bridgehead atoms. The van der Waals surface area contributed by atoms with Gasteiger partial charge in [0.05, 0.1) is 6.04 Å². The molecule has 32 heavy (non-hydrogen) atoms. The Kier molecular flexibility index (Phi) is 6.66. The summed E-state index contributed by atoms with van der Waals surface area (Å²) in [7, 11) is 0. The summed E-state index contributed by atoms with van der Waals surface area (Å²) in [6.07, 6.45) is 4.72. The Morgan fingerprint density at radius 2 is 1.19 bits per heavy atom. The van der Waals surface area contributed by atoms with E-state index in [1.807, 2.05) is 0 Å². The summed E-state index contributed by atoms with van der Waals surface area (Å²) in [4.78, 5) is 5.31. The van der Waals surface area contributed by atoms with Crippen LogP contribution in [0.3, 0.4) is 0 Å². The fourth-order valence-corrected chi connectivity index (χ4v) is 5.08. The second kappa shape index (κ2) is 10.2. The Balaban J connectivity index is 1.14. The highest BCUT2D eigenvalue weighted by atomic mass is 15.3. The van der Waals surface area contributed by atoms with Crippen LogP contribution in [0.15, 0.2) is 97.2 Å². The molecule has 4 aromatic rings. The molecule has 2 heterocycles. The maximum atomic E-state index is 2.66. The summed E-state index contributed by atoms with van der Waals surface area (Å²) in [6, 6.07) is 33.2. The van der Waals surface area contributed by atoms with Crippen molar-refractivity contribution in [3.63, 3.8) is 0 Å². The van der Waals surface area contributed by atoms with Crippen LogP contribution >= 0.6 is 0 Å². The van der Waals surface area contributed by atoms with Crippen LogP contribution in [0.2, 0.25) is 0 Å². The Hall–Kier alpha value is -2.88. The van der Waals surface area contributed by atoms with Gasteiger partial charge >= 0.3 is 0 Å². The molecule has 1 aliphatic rings. The SMILES string of the molecule is c1ccc(C(c2ccccc2)N2CCN(CCCCn3ccc4ccccc43)CC2)cc1. The van der Waals surface area contributed by atoms with Gasteiger partial charge in [-0.1, -0.05) is 78.9 Å². The van der Waals surface area contributed by atoms with Crippen molar-refractivity contribution in [2.75, 3.05) is 32.7 Å². The molecule has 1 aromatic heterocycles. The number of fused-ring (bicyclic) bond motifs is 1. The van der Waals surface area contributed by atoms with Gasteiger partial charge in [-0.2, -0.15) is 0 Å². The number of rotatable bonds is 8. The lowest BCUT2D eigenvalue weighted by Crippen LogP contribution is -2.48. The number of aryl methyl sites for hydroxylation is 1. The fourth-order valence-electron chi connectivity index (χ4n) is 5.08. The van der Waals surface area contributed by atoms with Crippen LogP contribution in [-0.2, 0) is 6.54 Å². The molecule has 1 aliphatic heterocycles. The lowest BCUT2D eigenvalue weighted by atomic mass is 9.96. The van der Waals surface area contributed by atoms with Crippen LogP contribution < -0.4 is 0 Å². The van der Waals surface area contributed by atoms with Gasteiger partial charge in [0, 0.05) is 44.4 Å².